The fraction of sp³-hybridized carbons (Fsp3) is 0.304. The molecular formula is C23H25N3O3. The van der Waals surface area contributed by atoms with E-state index in [0.29, 0.717) is 30.2 Å². The van der Waals surface area contributed by atoms with Crippen LogP contribution in [-0.2, 0) is 11.2 Å². The van der Waals surface area contributed by atoms with Crippen LogP contribution >= 0.6 is 0 Å². The first-order chi connectivity index (χ1) is 14.1. The smallest absolute Gasteiger partial charge is 0.291 e. The second-order valence-electron chi connectivity index (χ2n) is 7.54. The molecule has 1 saturated heterocycles. The van der Waals surface area contributed by atoms with Gasteiger partial charge in [0, 0.05) is 24.2 Å². The molecule has 1 aromatic heterocycles. The number of nitrogens with two attached hydrogens (primary N) is 1. The molecule has 0 unspecified atom stereocenters. The topological polar surface area (TPSA) is 88.6 Å². The molecule has 4 rings (SSSR count). The minimum atomic E-state index is -0.298. The molecule has 1 aliphatic heterocycles. The number of para-hydroxylation sites is 1. The maximum atomic E-state index is 12.5. The maximum absolute atomic E-state index is 12.5. The zero-order valence-electron chi connectivity index (χ0n) is 16.3. The van der Waals surface area contributed by atoms with Crippen molar-refractivity contribution >= 4 is 28.5 Å². The number of piperidine rings is 1. The molecule has 29 heavy (non-hydrogen) atoms. The summed E-state index contributed by atoms with van der Waals surface area (Å²) in [5.74, 6) is 0.646. The third-order valence-corrected chi connectivity index (χ3v) is 5.52. The van der Waals surface area contributed by atoms with Crippen molar-refractivity contribution in [2.45, 2.75) is 19.3 Å². The third-order valence-electron chi connectivity index (χ3n) is 5.52. The summed E-state index contributed by atoms with van der Waals surface area (Å²) in [7, 11) is 0. The number of nitrogens with one attached hydrogen (secondary N) is 1. The number of nitrogens with zero attached hydrogens (tertiary/aromatic N) is 1. The predicted molar refractivity (Wildman–Crippen MR) is 113 cm³/mol. The summed E-state index contributed by atoms with van der Waals surface area (Å²) >= 11 is 0. The van der Waals surface area contributed by atoms with Gasteiger partial charge in [-0.3, -0.25) is 9.59 Å². The molecule has 150 valence electrons. The van der Waals surface area contributed by atoms with Gasteiger partial charge >= 0.3 is 0 Å². The molecule has 1 fully saturated rings. The second kappa shape index (κ2) is 8.49. The normalized spacial score (nSPS) is 14.9. The van der Waals surface area contributed by atoms with Crippen molar-refractivity contribution in [3.8, 4) is 0 Å². The van der Waals surface area contributed by atoms with Crippen molar-refractivity contribution < 1.29 is 14.0 Å². The molecule has 3 N–H and O–H groups in total. The van der Waals surface area contributed by atoms with Gasteiger partial charge < -0.3 is 20.4 Å². The Morgan fingerprint density at radius 1 is 1.07 bits per heavy atom. The number of rotatable bonds is 5. The SMILES string of the molecule is NCC1CCN(C(=O)Cc2ccc(NC(=O)c3cc4ccccc4o3)cc2)CC1. The van der Waals surface area contributed by atoms with Crippen LogP contribution < -0.4 is 11.1 Å². The van der Waals surface area contributed by atoms with Gasteiger partial charge in [0.2, 0.25) is 5.91 Å². The van der Waals surface area contributed by atoms with Crippen molar-refractivity contribution in [3.05, 3.63) is 65.9 Å². The number of fused-ring (bicyclic) bond motifs is 1. The molecule has 2 aromatic carbocycles. The highest BCUT2D eigenvalue weighted by Crippen LogP contribution is 2.21. The molecule has 2 amide bonds. The number of carbonyl (C=O) groups excluding carboxylic acids is 2. The lowest BCUT2D eigenvalue weighted by molar-refractivity contribution is -0.131. The summed E-state index contributed by atoms with van der Waals surface area (Å²) in [5, 5.41) is 3.73. The van der Waals surface area contributed by atoms with Gasteiger partial charge in [-0.15, -0.1) is 0 Å². The average molecular weight is 391 g/mol. The van der Waals surface area contributed by atoms with Crippen LogP contribution in [0.1, 0.15) is 29.0 Å². The van der Waals surface area contributed by atoms with Crippen LogP contribution in [0.5, 0.6) is 0 Å². The summed E-state index contributed by atoms with van der Waals surface area (Å²) < 4.78 is 5.59. The zero-order chi connectivity index (χ0) is 20.2. The fourth-order valence-corrected chi connectivity index (χ4v) is 3.70. The molecule has 6 heteroatoms. The number of likely N-dealkylation sites (tertiary alicyclic amines) is 1. The number of benzene rings is 2. The van der Waals surface area contributed by atoms with Gasteiger partial charge in [0.25, 0.3) is 5.91 Å². The quantitative estimate of drug-likeness (QED) is 0.697. The van der Waals surface area contributed by atoms with Crippen molar-refractivity contribution in [3.63, 3.8) is 0 Å². The summed E-state index contributed by atoms with van der Waals surface area (Å²) in [4.78, 5) is 26.9. The summed E-state index contributed by atoms with van der Waals surface area (Å²) in [5.41, 5.74) is 7.99. The number of furan rings is 1. The van der Waals surface area contributed by atoms with Crippen molar-refractivity contribution in [2.75, 3.05) is 25.0 Å². The van der Waals surface area contributed by atoms with E-state index in [1.165, 1.54) is 0 Å². The largest absolute Gasteiger partial charge is 0.451 e. The molecular weight excluding hydrogens is 366 g/mol. The first-order valence-corrected chi connectivity index (χ1v) is 9.99. The average Bonchev–Trinajstić information content (AvgIpc) is 3.20. The van der Waals surface area contributed by atoms with Crippen molar-refractivity contribution in [1.29, 1.82) is 0 Å². The lowest BCUT2D eigenvalue weighted by atomic mass is 9.96. The second-order valence-corrected chi connectivity index (χ2v) is 7.54. The van der Waals surface area contributed by atoms with E-state index in [1.54, 1.807) is 6.07 Å². The van der Waals surface area contributed by atoms with E-state index in [-0.39, 0.29) is 17.6 Å². The van der Waals surface area contributed by atoms with Gasteiger partial charge in [-0.1, -0.05) is 30.3 Å². The molecule has 2 heterocycles. The number of hydrogen-bond donors (Lipinski definition) is 2. The molecule has 0 saturated carbocycles. The Hall–Kier alpha value is -3.12. The first-order valence-electron chi connectivity index (χ1n) is 9.99. The Morgan fingerprint density at radius 2 is 1.79 bits per heavy atom. The Morgan fingerprint density at radius 3 is 2.48 bits per heavy atom. The Bertz CT molecular complexity index is 969. The summed E-state index contributed by atoms with van der Waals surface area (Å²) in [6.07, 6.45) is 2.33. The van der Waals surface area contributed by atoms with Crippen LogP contribution in [0.25, 0.3) is 11.0 Å². The zero-order valence-corrected chi connectivity index (χ0v) is 16.3. The van der Waals surface area contributed by atoms with Crippen LogP contribution in [0.15, 0.2) is 59.0 Å². The van der Waals surface area contributed by atoms with E-state index in [4.69, 9.17) is 10.2 Å². The maximum Gasteiger partial charge on any atom is 0.291 e. The number of hydrogen-bond acceptors (Lipinski definition) is 4. The standard InChI is InChI=1S/C23H25N3O3/c24-15-17-9-11-26(12-10-17)22(27)13-16-5-7-19(8-6-16)25-23(28)21-14-18-3-1-2-4-20(18)29-21/h1-8,14,17H,9-13,15,24H2,(H,25,28). The Labute approximate surface area is 169 Å². The lowest BCUT2D eigenvalue weighted by Crippen LogP contribution is -2.40. The predicted octanol–water partition coefficient (Wildman–Crippen LogP) is 3.42. The van der Waals surface area contributed by atoms with Gasteiger partial charge in [-0.2, -0.15) is 0 Å². The third kappa shape index (κ3) is 4.49. The Balaban J connectivity index is 1.34. The molecule has 6 nitrogen and oxygen atoms in total. The van der Waals surface area contributed by atoms with Crippen LogP contribution in [0.3, 0.4) is 0 Å². The van der Waals surface area contributed by atoms with Gasteiger partial charge in [0.15, 0.2) is 5.76 Å². The number of amides is 2. The number of carbonyl (C=O) groups is 2. The van der Waals surface area contributed by atoms with Gasteiger partial charge in [-0.25, -0.2) is 0 Å². The molecule has 0 bridgehead atoms. The van der Waals surface area contributed by atoms with Gasteiger partial charge in [-0.05, 0) is 55.1 Å². The highest BCUT2D eigenvalue weighted by molar-refractivity contribution is 6.04. The monoisotopic (exact) mass is 391 g/mol. The van der Waals surface area contributed by atoms with E-state index in [1.807, 2.05) is 53.4 Å². The minimum absolute atomic E-state index is 0.138. The van der Waals surface area contributed by atoms with Crippen LogP contribution in [0.4, 0.5) is 5.69 Å². The van der Waals surface area contributed by atoms with E-state index in [2.05, 4.69) is 5.32 Å². The lowest BCUT2D eigenvalue weighted by Gasteiger charge is -2.31. The van der Waals surface area contributed by atoms with Crippen LogP contribution in [0.2, 0.25) is 0 Å². The highest BCUT2D eigenvalue weighted by Gasteiger charge is 2.22. The van der Waals surface area contributed by atoms with E-state index in [0.717, 1.165) is 36.9 Å². The first kappa shape index (κ1) is 19.2. The van der Waals surface area contributed by atoms with Crippen molar-refractivity contribution in [1.82, 2.24) is 4.90 Å². The summed E-state index contributed by atoms with van der Waals surface area (Å²) in [6, 6.07) is 16.6. The highest BCUT2D eigenvalue weighted by atomic mass is 16.3. The van der Waals surface area contributed by atoms with Gasteiger partial charge in [0.05, 0.1) is 6.42 Å². The molecule has 0 aliphatic carbocycles. The van der Waals surface area contributed by atoms with E-state index in [9.17, 15) is 9.59 Å². The van der Waals surface area contributed by atoms with E-state index >= 15 is 0 Å². The van der Waals surface area contributed by atoms with Gasteiger partial charge in [0.1, 0.15) is 5.58 Å². The van der Waals surface area contributed by atoms with Crippen LogP contribution in [-0.4, -0.2) is 36.3 Å². The van der Waals surface area contributed by atoms with Crippen LogP contribution in [0, 0.1) is 5.92 Å². The number of anilines is 1. The van der Waals surface area contributed by atoms with E-state index < -0.39 is 0 Å². The summed E-state index contributed by atoms with van der Waals surface area (Å²) in [6.45, 7) is 2.27. The molecule has 0 atom stereocenters. The molecule has 1 aliphatic rings. The molecule has 0 spiro atoms. The Kier molecular flexibility index (Phi) is 5.62. The van der Waals surface area contributed by atoms with Crippen molar-refractivity contribution in [2.24, 2.45) is 11.7 Å². The molecule has 0 radical (unpaired) electrons. The fourth-order valence-electron chi connectivity index (χ4n) is 3.70. The molecule has 3 aromatic rings. The minimum Gasteiger partial charge on any atom is -0.451 e.